The number of nitrogen functional groups attached to an aromatic ring is 1. The number of ether oxygens (including phenoxy) is 1. The third-order valence-electron chi connectivity index (χ3n) is 4.70. The van der Waals surface area contributed by atoms with Crippen LogP contribution in [0, 0.1) is 0 Å². The molecule has 0 saturated heterocycles. The Kier molecular flexibility index (Phi) is 6.92. The summed E-state index contributed by atoms with van der Waals surface area (Å²) in [6.07, 6.45) is 1.58. The zero-order valence-electron chi connectivity index (χ0n) is 18.1. The largest absolute Gasteiger partial charge is 0.437 e. The fourth-order valence-electron chi connectivity index (χ4n) is 3.12. The predicted octanol–water partition coefficient (Wildman–Crippen LogP) is 4.10. The van der Waals surface area contributed by atoms with Gasteiger partial charge in [0.25, 0.3) is 5.91 Å². The van der Waals surface area contributed by atoms with Crippen LogP contribution in [0.5, 0.6) is 11.6 Å². The van der Waals surface area contributed by atoms with Crippen molar-refractivity contribution in [2.45, 2.75) is 26.7 Å². The highest BCUT2D eigenvalue weighted by Crippen LogP contribution is 2.29. The average Bonchev–Trinajstić information content (AvgIpc) is 2.74. The lowest BCUT2D eigenvalue weighted by Crippen LogP contribution is -2.18. The Morgan fingerprint density at radius 1 is 1.13 bits per heavy atom. The van der Waals surface area contributed by atoms with Gasteiger partial charge < -0.3 is 26.4 Å². The first kappa shape index (κ1) is 21.9. The van der Waals surface area contributed by atoms with E-state index in [1.165, 1.54) is 0 Å². The number of primary amides is 1. The molecule has 3 rings (SSSR count). The number of nitrogens with two attached hydrogens (primary N) is 2. The molecule has 0 saturated carbocycles. The van der Waals surface area contributed by atoms with Crippen LogP contribution in [0.1, 0.15) is 36.5 Å². The topological polar surface area (TPSA) is 119 Å². The zero-order valence-corrected chi connectivity index (χ0v) is 18.1. The Morgan fingerprint density at radius 3 is 2.48 bits per heavy atom. The third kappa shape index (κ3) is 5.42. The van der Waals surface area contributed by atoms with E-state index in [1.807, 2.05) is 38.2 Å². The standard InChI is InChI=1S/C23H28N6O2/c1-4-13-29(3)17-11-9-16(10-12-17)26-22-20(21(25)30)27-19(5-2)23(28-22)31-18-8-6-7-15(24)14-18/h6-12,14H,4-5,13,24H2,1-3H3,(H2,25,30)(H,26,28). The molecule has 3 aromatic rings. The number of aryl methyl sites for hydroxylation is 1. The molecule has 162 valence electrons. The molecule has 2 aromatic carbocycles. The maximum absolute atomic E-state index is 12.0. The summed E-state index contributed by atoms with van der Waals surface area (Å²) in [5, 5.41) is 3.14. The van der Waals surface area contributed by atoms with Gasteiger partial charge in [-0.3, -0.25) is 4.79 Å². The van der Waals surface area contributed by atoms with Crippen molar-refractivity contribution in [3.05, 3.63) is 59.9 Å². The number of hydrogen-bond donors (Lipinski definition) is 3. The number of amides is 1. The van der Waals surface area contributed by atoms with E-state index in [0.717, 1.165) is 24.3 Å². The van der Waals surface area contributed by atoms with Gasteiger partial charge in [-0.15, -0.1) is 0 Å². The van der Waals surface area contributed by atoms with Crippen LogP contribution in [-0.4, -0.2) is 29.5 Å². The number of benzene rings is 2. The number of rotatable bonds is 9. The smallest absolute Gasteiger partial charge is 0.271 e. The quantitative estimate of drug-likeness (QED) is 0.446. The lowest BCUT2D eigenvalue weighted by Gasteiger charge is -2.19. The SMILES string of the molecule is CCCN(C)c1ccc(Nc2nc(Oc3cccc(N)c3)c(CC)nc2C(N)=O)cc1. The minimum atomic E-state index is -0.667. The average molecular weight is 421 g/mol. The second-order valence-corrected chi connectivity index (χ2v) is 7.16. The fraction of sp³-hybridized carbons (Fsp3) is 0.261. The summed E-state index contributed by atoms with van der Waals surface area (Å²) in [5.74, 6) is 0.391. The molecular weight excluding hydrogens is 392 g/mol. The Bertz CT molecular complexity index is 1050. The van der Waals surface area contributed by atoms with Crippen LogP contribution in [0.3, 0.4) is 0 Å². The van der Waals surface area contributed by atoms with Crippen LogP contribution in [0.15, 0.2) is 48.5 Å². The molecule has 1 amide bonds. The first-order valence-electron chi connectivity index (χ1n) is 10.2. The van der Waals surface area contributed by atoms with Gasteiger partial charge in [0, 0.05) is 36.7 Å². The highest BCUT2D eigenvalue weighted by molar-refractivity contribution is 5.96. The van der Waals surface area contributed by atoms with Crippen molar-refractivity contribution in [2.24, 2.45) is 5.73 Å². The van der Waals surface area contributed by atoms with E-state index in [-0.39, 0.29) is 11.5 Å². The Labute approximate surface area is 182 Å². The Morgan fingerprint density at radius 2 is 1.87 bits per heavy atom. The van der Waals surface area contributed by atoms with Crippen molar-refractivity contribution in [2.75, 3.05) is 29.5 Å². The van der Waals surface area contributed by atoms with Gasteiger partial charge in [0.1, 0.15) is 11.4 Å². The van der Waals surface area contributed by atoms with Crippen LogP contribution in [0.2, 0.25) is 0 Å². The summed E-state index contributed by atoms with van der Waals surface area (Å²) in [4.78, 5) is 23.1. The molecule has 0 aliphatic carbocycles. The van der Waals surface area contributed by atoms with E-state index >= 15 is 0 Å². The number of carbonyl (C=O) groups excluding carboxylic acids is 1. The molecule has 31 heavy (non-hydrogen) atoms. The van der Waals surface area contributed by atoms with E-state index in [1.54, 1.807) is 24.3 Å². The Hall–Kier alpha value is -3.81. The molecular formula is C23H28N6O2. The van der Waals surface area contributed by atoms with Crippen molar-refractivity contribution < 1.29 is 9.53 Å². The number of nitrogens with zero attached hydrogens (tertiary/aromatic N) is 3. The highest BCUT2D eigenvalue weighted by Gasteiger charge is 2.19. The third-order valence-corrected chi connectivity index (χ3v) is 4.70. The van der Waals surface area contributed by atoms with Crippen LogP contribution in [0.4, 0.5) is 22.9 Å². The normalized spacial score (nSPS) is 10.5. The first-order valence-corrected chi connectivity index (χ1v) is 10.2. The van der Waals surface area contributed by atoms with Gasteiger partial charge >= 0.3 is 0 Å². The number of anilines is 4. The van der Waals surface area contributed by atoms with E-state index < -0.39 is 5.91 Å². The van der Waals surface area contributed by atoms with E-state index in [0.29, 0.717) is 29.4 Å². The highest BCUT2D eigenvalue weighted by atomic mass is 16.5. The van der Waals surface area contributed by atoms with Gasteiger partial charge in [-0.05, 0) is 49.2 Å². The molecule has 8 heteroatoms. The minimum Gasteiger partial charge on any atom is -0.437 e. The molecule has 1 heterocycles. The van der Waals surface area contributed by atoms with Crippen LogP contribution < -0.4 is 26.4 Å². The van der Waals surface area contributed by atoms with Crippen molar-refractivity contribution in [3.8, 4) is 11.6 Å². The molecule has 0 atom stereocenters. The van der Waals surface area contributed by atoms with Gasteiger partial charge in [-0.1, -0.05) is 19.9 Å². The molecule has 1 aromatic heterocycles. The summed E-state index contributed by atoms with van der Waals surface area (Å²) >= 11 is 0. The maximum Gasteiger partial charge on any atom is 0.271 e. The van der Waals surface area contributed by atoms with Crippen LogP contribution in [-0.2, 0) is 6.42 Å². The van der Waals surface area contributed by atoms with Crippen LogP contribution >= 0.6 is 0 Å². The lowest BCUT2D eigenvalue weighted by atomic mass is 10.2. The second-order valence-electron chi connectivity index (χ2n) is 7.16. The zero-order chi connectivity index (χ0) is 22.4. The van der Waals surface area contributed by atoms with Gasteiger partial charge in [0.2, 0.25) is 5.88 Å². The maximum atomic E-state index is 12.0. The molecule has 0 unspecified atom stereocenters. The van der Waals surface area contributed by atoms with Crippen molar-refractivity contribution in [1.29, 1.82) is 0 Å². The fourth-order valence-corrected chi connectivity index (χ4v) is 3.12. The first-order chi connectivity index (χ1) is 14.9. The van der Waals surface area contributed by atoms with Crippen molar-refractivity contribution in [1.82, 2.24) is 9.97 Å². The lowest BCUT2D eigenvalue weighted by molar-refractivity contribution is 0.0996. The molecule has 0 aliphatic rings. The number of aromatic nitrogens is 2. The summed E-state index contributed by atoms with van der Waals surface area (Å²) in [7, 11) is 2.05. The summed E-state index contributed by atoms with van der Waals surface area (Å²) in [6, 6.07) is 14.9. The van der Waals surface area contributed by atoms with E-state index in [2.05, 4.69) is 27.1 Å². The van der Waals surface area contributed by atoms with Gasteiger partial charge in [0.15, 0.2) is 11.5 Å². The molecule has 0 fully saturated rings. The Balaban J connectivity index is 1.93. The number of nitrogens with one attached hydrogen (secondary N) is 1. The molecule has 8 nitrogen and oxygen atoms in total. The molecule has 0 spiro atoms. The van der Waals surface area contributed by atoms with E-state index in [4.69, 9.17) is 16.2 Å². The van der Waals surface area contributed by atoms with Gasteiger partial charge in [-0.25, -0.2) is 4.98 Å². The predicted molar refractivity (Wildman–Crippen MR) is 124 cm³/mol. The molecule has 0 bridgehead atoms. The van der Waals surface area contributed by atoms with Crippen LogP contribution in [0.25, 0.3) is 0 Å². The van der Waals surface area contributed by atoms with Crippen molar-refractivity contribution >= 4 is 28.8 Å². The summed E-state index contributed by atoms with van der Waals surface area (Å²) in [5.41, 5.74) is 14.4. The van der Waals surface area contributed by atoms with Crippen molar-refractivity contribution in [3.63, 3.8) is 0 Å². The second kappa shape index (κ2) is 9.80. The molecule has 5 N–H and O–H groups in total. The van der Waals surface area contributed by atoms with Gasteiger partial charge in [-0.2, -0.15) is 4.98 Å². The molecule has 0 radical (unpaired) electrons. The van der Waals surface area contributed by atoms with Gasteiger partial charge in [0.05, 0.1) is 0 Å². The summed E-state index contributed by atoms with van der Waals surface area (Å²) < 4.78 is 5.92. The number of carbonyl (C=O) groups is 1. The van der Waals surface area contributed by atoms with E-state index in [9.17, 15) is 4.79 Å². The molecule has 0 aliphatic heterocycles. The monoisotopic (exact) mass is 420 g/mol. The minimum absolute atomic E-state index is 0.0592. The summed E-state index contributed by atoms with van der Waals surface area (Å²) in [6.45, 7) is 5.01. The number of hydrogen-bond acceptors (Lipinski definition) is 7.